The molecule has 0 amide bonds. The van der Waals surface area contributed by atoms with Gasteiger partial charge in [-0.3, -0.25) is 9.88 Å². The van der Waals surface area contributed by atoms with Crippen molar-refractivity contribution in [1.29, 1.82) is 0 Å². The van der Waals surface area contributed by atoms with Crippen LogP contribution in [0.25, 0.3) is 0 Å². The van der Waals surface area contributed by atoms with Gasteiger partial charge in [0.1, 0.15) is 54.9 Å². The Morgan fingerprint density at radius 2 is 1.21 bits per heavy atom. The molecule has 20 heteroatoms. The molecule has 19 nitrogen and oxygen atoms in total. The molecule has 15 atom stereocenters. The molecular weight excluding hydrogens is 557 g/mol. The fourth-order valence-corrected chi connectivity index (χ4v) is 5.05. The first-order chi connectivity index (χ1) is 18.2. The lowest BCUT2D eigenvalue weighted by atomic mass is 9.94. The molecule has 0 aliphatic carbocycles. The lowest BCUT2D eigenvalue weighted by Gasteiger charge is -2.49. The Morgan fingerprint density at radius 3 is 1.77 bits per heavy atom. The minimum Gasteiger partial charge on any atom is -0.394 e. The second kappa shape index (κ2) is 13.7. The van der Waals surface area contributed by atoms with E-state index >= 15 is 0 Å². The summed E-state index contributed by atoms with van der Waals surface area (Å²) in [5.41, 5.74) is 11.6. The fourth-order valence-electron chi connectivity index (χ4n) is 4.60. The van der Waals surface area contributed by atoms with E-state index in [1.807, 2.05) is 0 Å². The van der Waals surface area contributed by atoms with Crippen LogP contribution < -0.4 is 16.8 Å². The SMILES string of the molecule is N[C@H]1[C@H](OC2[C@@H](CO)O[C@@H](OC3[C@@H](CO)O[C@@H](O)[C@H](N)[C@H]3O)[C@H](NCP(=O)(O)O)[C@H]2O)O[C@H](CO)[C@@H](O)[C@@H]1O. The van der Waals surface area contributed by atoms with Crippen LogP contribution in [0.3, 0.4) is 0 Å². The van der Waals surface area contributed by atoms with Crippen molar-refractivity contribution >= 4 is 7.60 Å². The zero-order chi connectivity index (χ0) is 29.2. The molecule has 3 saturated heterocycles. The van der Waals surface area contributed by atoms with Crippen molar-refractivity contribution in [2.45, 2.75) is 91.9 Å². The van der Waals surface area contributed by atoms with Gasteiger partial charge in [-0.25, -0.2) is 0 Å². The van der Waals surface area contributed by atoms with Crippen molar-refractivity contribution in [1.82, 2.24) is 5.32 Å². The second-order valence-corrected chi connectivity index (χ2v) is 11.2. The van der Waals surface area contributed by atoms with Crippen LogP contribution in [0.1, 0.15) is 0 Å². The molecule has 2 unspecified atom stereocenters. The largest absolute Gasteiger partial charge is 0.394 e. The Morgan fingerprint density at radius 1 is 0.692 bits per heavy atom. The van der Waals surface area contributed by atoms with Crippen molar-refractivity contribution in [2.24, 2.45) is 11.5 Å². The average Bonchev–Trinajstić information content (AvgIpc) is 2.88. The summed E-state index contributed by atoms with van der Waals surface area (Å²) in [5.74, 6) is 0. The maximum atomic E-state index is 11.6. The van der Waals surface area contributed by atoms with Crippen LogP contribution in [-0.2, 0) is 28.2 Å². The summed E-state index contributed by atoms with van der Waals surface area (Å²) in [7, 11) is -4.71. The van der Waals surface area contributed by atoms with Gasteiger partial charge in [-0.2, -0.15) is 0 Å². The van der Waals surface area contributed by atoms with Crippen LogP contribution in [-0.4, -0.2) is 169 Å². The smallest absolute Gasteiger partial charge is 0.339 e. The lowest BCUT2D eigenvalue weighted by molar-refractivity contribution is -0.350. The predicted molar refractivity (Wildman–Crippen MR) is 123 cm³/mol. The third-order valence-electron chi connectivity index (χ3n) is 6.82. The Balaban J connectivity index is 1.86. The summed E-state index contributed by atoms with van der Waals surface area (Å²) in [6, 6.07) is -4.31. The molecule has 3 heterocycles. The van der Waals surface area contributed by atoms with Crippen LogP contribution in [0.15, 0.2) is 0 Å². The van der Waals surface area contributed by atoms with Crippen molar-refractivity contribution < 1.29 is 78.9 Å². The molecular formula is C19H38N3O16P. The van der Waals surface area contributed by atoms with Gasteiger partial charge in [-0.15, -0.1) is 0 Å². The van der Waals surface area contributed by atoms with E-state index in [2.05, 4.69) is 5.32 Å². The van der Waals surface area contributed by atoms with Crippen LogP contribution in [0.2, 0.25) is 0 Å². The number of hydrogen-bond acceptors (Lipinski definition) is 17. The van der Waals surface area contributed by atoms with Gasteiger partial charge in [-0.05, 0) is 0 Å². The van der Waals surface area contributed by atoms with Gasteiger partial charge in [0.05, 0.1) is 44.2 Å². The zero-order valence-corrected chi connectivity index (χ0v) is 21.4. The van der Waals surface area contributed by atoms with Crippen molar-refractivity contribution in [3.05, 3.63) is 0 Å². The van der Waals surface area contributed by atoms with E-state index < -0.39 is 126 Å². The van der Waals surface area contributed by atoms with Crippen LogP contribution in [0.5, 0.6) is 0 Å². The Bertz CT molecular complexity index is 824. The highest BCUT2D eigenvalue weighted by molar-refractivity contribution is 7.51. The number of aliphatic hydroxyl groups is 8. The maximum Gasteiger partial charge on any atom is 0.339 e. The predicted octanol–water partition coefficient (Wildman–Crippen LogP) is -7.91. The molecule has 0 aromatic rings. The molecule has 0 bridgehead atoms. The van der Waals surface area contributed by atoms with E-state index in [1.54, 1.807) is 0 Å². The Hall–Kier alpha value is -0.490. The molecule has 3 aliphatic heterocycles. The standard InChI is InChI=1S/C19H38N3O16P/c20-8-13(28)15(6(2-24)34-17(8)30)38-19-10(22-4-39(31,32)33)14(29)16(7(3-25)36-19)37-18-9(21)12(27)11(26)5(1-23)35-18/h5-19,22-30H,1-4,20-21H2,(H2,31,32,33)/t5-,6-,7-,8-,9-,10-,11-,12-,13-,14-,15?,16?,17-,18+,19+/m1/s1. The number of aliphatic hydroxyl groups excluding tert-OH is 8. The molecule has 3 rings (SSSR count). The summed E-state index contributed by atoms with van der Waals surface area (Å²) in [6.07, 6.45) is -19.6. The maximum absolute atomic E-state index is 11.6. The molecule has 39 heavy (non-hydrogen) atoms. The molecule has 0 saturated carbocycles. The topological polar surface area (TPSA) is 330 Å². The van der Waals surface area contributed by atoms with Gasteiger partial charge in [0.25, 0.3) is 0 Å². The molecule has 3 aliphatic rings. The second-order valence-electron chi connectivity index (χ2n) is 9.57. The van der Waals surface area contributed by atoms with Crippen molar-refractivity contribution in [3.8, 4) is 0 Å². The number of hydrogen-bond donors (Lipinski definition) is 13. The van der Waals surface area contributed by atoms with Crippen molar-refractivity contribution in [3.63, 3.8) is 0 Å². The molecule has 0 radical (unpaired) electrons. The average molecular weight is 595 g/mol. The molecule has 0 aromatic carbocycles. The number of ether oxygens (including phenoxy) is 5. The first-order valence-corrected chi connectivity index (χ1v) is 13.8. The van der Waals surface area contributed by atoms with Gasteiger partial charge >= 0.3 is 7.60 Å². The minimum absolute atomic E-state index is 0.727. The quantitative estimate of drug-likeness (QED) is 0.104. The first-order valence-electron chi connectivity index (χ1n) is 12.0. The van der Waals surface area contributed by atoms with Crippen LogP contribution in [0.4, 0.5) is 0 Å². The molecule has 3 fully saturated rings. The summed E-state index contributed by atoms with van der Waals surface area (Å²) in [4.78, 5) is 18.7. The number of rotatable bonds is 10. The van der Waals surface area contributed by atoms with E-state index in [0.717, 1.165) is 0 Å². The van der Waals surface area contributed by atoms with Gasteiger partial charge in [-0.1, -0.05) is 0 Å². The summed E-state index contributed by atoms with van der Waals surface area (Å²) >= 11 is 0. The number of nitrogens with two attached hydrogens (primary N) is 2. The van der Waals surface area contributed by atoms with E-state index in [0.29, 0.717) is 0 Å². The van der Waals surface area contributed by atoms with E-state index in [4.69, 9.17) is 35.2 Å². The van der Waals surface area contributed by atoms with E-state index in [9.17, 15) is 55.2 Å². The third-order valence-corrected chi connectivity index (χ3v) is 7.41. The molecule has 0 aromatic heterocycles. The highest BCUT2D eigenvalue weighted by atomic mass is 31.2. The molecule has 15 N–H and O–H groups in total. The monoisotopic (exact) mass is 595 g/mol. The van der Waals surface area contributed by atoms with Gasteiger partial charge in [0.2, 0.25) is 0 Å². The normalized spacial score (nSPS) is 47.7. The summed E-state index contributed by atoms with van der Waals surface area (Å²) < 4.78 is 39.2. The van der Waals surface area contributed by atoms with Gasteiger partial charge < -0.3 is 85.8 Å². The summed E-state index contributed by atoms with van der Waals surface area (Å²) in [5, 5.41) is 83.2. The first kappa shape index (κ1) is 33.0. The fraction of sp³-hybridized carbons (Fsp3) is 1.00. The zero-order valence-electron chi connectivity index (χ0n) is 20.5. The van der Waals surface area contributed by atoms with E-state index in [1.165, 1.54) is 0 Å². The molecule has 0 spiro atoms. The van der Waals surface area contributed by atoms with Crippen LogP contribution >= 0.6 is 7.60 Å². The Kier molecular flexibility index (Phi) is 11.6. The van der Waals surface area contributed by atoms with Crippen molar-refractivity contribution in [2.75, 3.05) is 26.1 Å². The molecule has 230 valence electrons. The summed E-state index contributed by atoms with van der Waals surface area (Å²) in [6.45, 7) is -2.31. The van der Waals surface area contributed by atoms with E-state index in [-0.39, 0.29) is 0 Å². The van der Waals surface area contributed by atoms with Gasteiger partial charge in [0.15, 0.2) is 18.9 Å². The minimum atomic E-state index is -4.71. The van der Waals surface area contributed by atoms with Crippen LogP contribution in [0, 0.1) is 0 Å². The Labute approximate surface area is 221 Å². The third kappa shape index (κ3) is 7.48. The highest BCUT2D eigenvalue weighted by Gasteiger charge is 2.53. The highest BCUT2D eigenvalue weighted by Crippen LogP contribution is 2.35. The number of nitrogens with one attached hydrogen (secondary N) is 1. The lowest BCUT2D eigenvalue weighted by Crippen LogP contribution is -2.70. The van der Waals surface area contributed by atoms with Gasteiger partial charge in [0, 0.05) is 0 Å².